The first kappa shape index (κ1) is 29.8. The van der Waals surface area contributed by atoms with Gasteiger partial charge in [-0.05, 0) is 43.9 Å². The minimum atomic E-state index is -1.25. The van der Waals surface area contributed by atoms with Crippen LogP contribution in [0, 0.1) is 0 Å². The highest BCUT2D eigenvalue weighted by Gasteiger charge is 2.31. The van der Waals surface area contributed by atoms with Crippen molar-refractivity contribution in [2.75, 3.05) is 18.8 Å². The number of nitrogens with two attached hydrogens (primary N) is 2. The first-order chi connectivity index (χ1) is 18.7. The fourth-order valence-corrected chi connectivity index (χ4v) is 4.66. The van der Waals surface area contributed by atoms with E-state index in [4.69, 9.17) is 11.5 Å². The number of hydrogen-bond donors (Lipinski definition) is 9. The number of fused-ring (bicyclic) bond motifs is 1. The second-order valence-electron chi connectivity index (χ2n) is 9.37. The molecule has 3 amide bonds. The molecular weight excluding hydrogens is 524 g/mol. The number of carbonyl (C=O) groups excluding carboxylic acids is 3. The van der Waals surface area contributed by atoms with Crippen LogP contribution >= 0.6 is 12.6 Å². The van der Waals surface area contributed by atoms with Crippen molar-refractivity contribution < 1.29 is 24.3 Å². The summed E-state index contributed by atoms with van der Waals surface area (Å²) in [5.41, 5.74) is 12.4. The van der Waals surface area contributed by atoms with Gasteiger partial charge in [-0.2, -0.15) is 12.6 Å². The molecule has 0 radical (unpaired) electrons. The van der Waals surface area contributed by atoms with E-state index < -0.39 is 42.0 Å². The van der Waals surface area contributed by atoms with Gasteiger partial charge in [0.15, 0.2) is 5.96 Å². The van der Waals surface area contributed by atoms with Gasteiger partial charge in [0.1, 0.15) is 18.1 Å². The van der Waals surface area contributed by atoms with Gasteiger partial charge in [0.05, 0.1) is 6.04 Å². The molecule has 1 saturated heterocycles. The van der Waals surface area contributed by atoms with Crippen LogP contribution in [0.3, 0.4) is 0 Å². The zero-order chi connectivity index (χ0) is 28.4. The van der Waals surface area contributed by atoms with Crippen LogP contribution in [0.1, 0.15) is 31.2 Å². The second kappa shape index (κ2) is 14.4. The molecule has 1 aromatic heterocycles. The number of nitrogens with zero attached hydrogens (tertiary/aromatic N) is 1. The summed E-state index contributed by atoms with van der Waals surface area (Å²) >= 11 is 3.98. The molecule has 0 spiro atoms. The first-order valence-corrected chi connectivity index (χ1v) is 13.4. The Hall–Kier alpha value is -3.78. The lowest BCUT2D eigenvalue weighted by Crippen LogP contribution is -2.57. The number of carboxylic acids is 1. The standard InChI is InChI=1S/C25H36N8O5S/c26-25(27)29-10-4-8-18(22(35)33-20(13-39)24(37)38)31-23(36)19(32-21(34)17-7-3-9-28-17)11-14-12-30-16-6-2-1-5-15(14)16/h1-2,5-6,12,17-20,28,30,39H,3-4,7-11,13H2,(H,31,36)(H,32,34)(H,33,35)(H,37,38)(H4,26,27,29). The first-order valence-electron chi connectivity index (χ1n) is 12.8. The largest absolute Gasteiger partial charge is 0.480 e. The zero-order valence-corrected chi connectivity index (χ0v) is 22.4. The van der Waals surface area contributed by atoms with Gasteiger partial charge in [-0.1, -0.05) is 18.2 Å². The highest BCUT2D eigenvalue weighted by Crippen LogP contribution is 2.19. The number of aromatic amines is 1. The number of carboxylic acid groups (broad SMARTS) is 1. The van der Waals surface area contributed by atoms with Gasteiger partial charge in [-0.3, -0.25) is 19.4 Å². The molecule has 1 aliphatic heterocycles. The monoisotopic (exact) mass is 560 g/mol. The molecule has 3 rings (SSSR count). The van der Waals surface area contributed by atoms with Crippen molar-refractivity contribution in [1.29, 1.82) is 0 Å². The number of nitrogens with one attached hydrogen (secondary N) is 5. The fraction of sp³-hybridized carbons (Fsp3) is 0.480. The molecule has 0 saturated carbocycles. The lowest BCUT2D eigenvalue weighted by Gasteiger charge is -2.25. The Morgan fingerprint density at radius 1 is 1.08 bits per heavy atom. The molecule has 10 N–H and O–H groups in total. The van der Waals surface area contributed by atoms with Crippen LogP contribution in [0.15, 0.2) is 35.5 Å². The molecule has 1 aliphatic rings. The van der Waals surface area contributed by atoms with Crippen molar-refractivity contribution in [2.24, 2.45) is 16.5 Å². The molecule has 2 heterocycles. The van der Waals surface area contributed by atoms with Crippen LogP contribution < -0.4 is 32.7 Å². The Morgan fingerprint density at radius 2 is 1.79 bits per heavy atom. The van der Waals surface area contributed by atoms with Gasteiger partial charge in [0.25, 0.3) is 0 Å². The van der Waals surface area contributed by atoms with E-state index in [1.807, 2.05) is 24.3 Å². The molecule has 39 heavy (non-hydrogen) atoms. The number of amides is 3. The number of aliphatic imine (C=N–C) groups is 1. The van der Waals surface area contributed by atoms with Gasteiger partial charge in [0, 0.05) is 35.8 Å². The second-order valence-corrected chi connectivity index (χ2v) is 9.73. The maximum absolute atomic E-state index is 13.6. The van der Waals surface area contributed by atoms with Gasteiger partial charge in [0.2, 0.25) is 17.7 Å². The van der Waals surface area contributed by atoms with Crippen molar-refractivity contribution in [3.8, 4) is 0 Å². The van der Waals surface area contributed by atoms with Crippen LogP contribution in [0.5, 0.6) is 0 Å². The van der Waals surface area contributed by atoms with Crippen molar-refractivity contribution in [1.82, 2.24) is 26.3 Å². The van der Waals surface area contributed by atoms with Crippen molar-refractivity contribution in [3.05, 3.63) is 36.0 Å². The number of H-pyrrole nitrogens is 1. The third kappa shape index (κ3) is 8.61. The van der Waals surface area contributed by atoms with Crippen LogP contribution in [-0.2, 0) is 25.6 Å². The minimum absolute atomic E-state index is 0.108. The van der Waals surface area contributed by atoms with E-state index in [0.717, 1.165) is 22.9 Å². The smallest absolute Gasteiger partial charge is 0.327 e. The van der Waals surface area contributed by atoms with E-state index in [1.165, 1.54) is 0 Å². The van der Waals surface area contributed by atoms with Crippen molar-refractivity contribution in [3.63, 3.8) is 0 Å². The molecule has 1 fully saturated rings. The van der Waals surface area contributed by atoms with Gasteiger partial charge < -0.3 is 42.8 Å². The summed E-state index contributed by atoms with van der Waals surface area (Å²) in [5, 5.41) is 21.3. The number of para-hydroxylation sites is 1. The quantitative estimate of drug-likeness (QED) is 0.0602. The molecule has 2 aromatic rings. The zero-order valence-electron chi connectivity index (χ0n) is 21.5. The Kier molecular flexibility index (Phi) is 11.0. The van der Waals surface area contributed by atoms with E-state index in [2.05, 4.69) is 43.9 Å². The summed E-state index contributed by atoms with van der Waals surface area (Å²) < 4.78 is 0. The molecule has 13 nitrogen and oxygen atoms in total. The molecule has 14 heteroatoms. The fourth-order valence-electron chi connectivity index (χ4n) is 4.41. The number of hydrogen-bond acceptors (Lipinski definition) is 7. The molecule has 212 valence electrons. The van der Waals surface area contributed by atoms with Gasteiger partial charge in [-0.25, -0.2) is 4.79 Å². The lowest BCUT2D eigenvalue weighted by atomic mass is 10.0. The summed E-state index contributed by atoms with van der Waals surface area (Å²) in [5.74, 6) is -3.07. The predicted molar refractivity (Wildman–Crippen MR) is 150 cm³/mol. The van der Waals surface area contributed by atoms with E-state index in [-0.39, 0.29) is 37.0 Å². The van der Waals surface area contributed by atoms with Gasteiger partial charge >= 0.3 is 5.97 Å². The lowest BCUT2D eigenvalue weighted by molar-refractivity contribution is -0.141. The molecule has 0 aliphatic carbocycles. The topological polar surface area (TPSA) is 217 Å². The Bertz CT molecular complexity index is 1190. The SMILES string of the molecule is NC(N)=NCCCC(NC(=O)C(Cc1c[nH]c2ccccc12)NC(=O)C1CCCN1)C(=O)NC(CS)C(=O)O. The van der Waals surface area contributed by atoms with E-state index >= 15 is 0 Å². The van der Waals surface area contributed by atoms with Crippen molar-refractivity contribution >= 4 is 53.2 Å². The number of aromatic nitrogens is 1. The summed E-state index contributed by atoms with van der Waals surface area (Å²) in [6, 6.07) is 3.86. The Morgan fingerprint density at radius 3 is 2.46 bits per heavy atom. The maximum atomic E-state index is 13.6. The number of guanidine groups is 1. The number of aliphatic carboxylic acids is 1. The molecule has 4 atom stereocenters. The third-order valence-electron chi connectivity index (χ3n) is 6.48. The van der Waals surface area contributed by atoms with Crippen LogP contribution in [-0.4, -0.2) is 82.8 Å². The van der Waals surface area contributed by atoms with Crippen LogP contribution in [0.2, 0.25) is 0 Å². The number of thiol groups is 1. The van der Waals surface area contributed by atoms with Gasteiger partial charge in [-0.15, -0.1) is 0 Å². The molecule has 0 bridgehead atoms. The molecule has 1 aromatic carbocycles. The Labute approximate surface area is 231 Å². The minimum Gasteiger partial charge on any atom is -0.480 e. The molecule has 4 unspecified atom stereocenters. The predicted octanol–water partition coefficient (Wildman–Crippen LogP) is -1.02. The van der Waals surface area contributed by atoms with E-state index in [1.54, 1.807) is 6.20 Å². The summed E-state index contributed by atoms with van der Waals surface area (Å²) in [7, 11) is 0. The third-order valence-corrected chi connectivity index (χ3v) is 6.85. The number of benzene rings is 1. The average Bonchev–Trinajstić information content (AvgIpc) is 3.59. The van der Waals surface area contributed by atoms with Crippen LogP contribution in [0.25, 0.3) is 10.9 Å². The summed E-state index contributed by atoms with van der Waals surface area (Å²) in [4.78, 5) is 58.0. The highest BCUT2D eigenvalue weighted by molar-refractivity contribution is 7.80. The van der Waals surface area contributed by atoms with E-state index in [0.29, 0.717) is 19.4 Å². The van der Waals surface area contributed by atoms with Crippen LogP contribution in [0.4, 0.5) is 0 Å². The number of rotatable bonds is 14. The summed E-state index contributed by atoms with van der Waals surface area (Å²) in [6.07, 6.45) is 3.93. The number of carbonyl (C=O) groups is 4. The van der Waals surface area contributed by atoms with Crippen molar-refractivity contribution in [2.45, 2.75) is 56.3 Å². The molecular formula is C25H36N8O5S. The Balaban J connectivity index is 1.80. The maximum Gasteiger partial charge on any atom is 0.327 e. The normalized spacial score (nSPS) is 17.1. The highest BCUT2D eigenvalue weighted by atomic mass is 32.1. The van der Waals surface area contributed by atoms with E-state index in [9.17, 15) is 24.3 Å². The average molecular weight is 561 g/mol. The summed E-state index contributed by atoms with van der Waals surface area (Å²) in [6.45, 7) is 0.922.